The number of pyridine rings is 1. The van der Waals surface area contributed by atoms with E-state index in [-0.39, 0.29) is 17.9 Å². The summed E-state index contributed by atoms with van der Waals surface area (Å²) in [5.41, 5.74) is 2.89. The first-order valence-corrected chi connectivity index (χ1v) is 11.7. The highest BCUT2D eigenvalue weighted by Gasteiger charge is 2.44. The lowest BCUT2D eigenvalue weighted by molar-refractivity contribution is -0.130. The fraction of sp³-hybridized carbons (Fsp3) is 0.207. The highest BCUT2D eigenvalue weighted by molar-refractivity contribution is 6.16. The minimum atomic E-state index is -0.802. The highest BCUT2D eigenvalue weighted by atomic mass is 16.5. The van der Waals surface area contributed by atoms with Crippen molar-refractivity contribution in [2.75, 3.05) is 7.11 Å². The summed E-state index contributed by atoms with van der Waals surface area (Å²) in [6, 6.07) is 19.3. The first-order valence-electron chi connectivity index (χ1n) is 11.7. The molecule has 4 aromatic rings. The number of hydrogen-bond donors (Lipinski definition) is 1. The fourth-order valence-corrected chi connectivity index (χ4v) is 4.57. The van der Waals surface area contributed by atoms with Crippen LogP contribution in [0, 0.1) is 0 Å². The summed E-state index contributed by atoms with van der Waals surface area (Å²) in [5, 5.41) is 11.7. The van der Waals surface area contributed by atoms with E-state index >= 15 is 0 Å². The van der Waals surface area contributed by atoms with Gasteiger partial charge in [-0.05, 0) is 41.3 Å². The van der Waals surface area contributed by atoms with Gasteiger partial charge < -0.3 is 19.2 Å². The lowest BCUT2D eigenvalue weighted by Gasteiger charge is -2.26. The summed E-state index contributed by atoms with van der Waals surface area (Å²) >= 11 is 0. The van der Waals surface area contributed by atoms with Gasteiger partial charge in [-0.3, -0.25) is 14.6 Å². The number of para-hydroxylation sites is 1. The maximum atomic E-state index is 13.8. The Balaban J connectivity index is 1.60. The normalized spacial score (nSPS) is 15.8. The number of rotatable bonds is 7. The van der Waals surface area contributed by atoms with Gasteiger partial charge in [0.05, 0.1) is 31.0 Å². The van der Waals surface area contributed by atoms with Crippen LogP contribution in [0.25, 0.3) is 11.0 Å². The van der Waals surface area contributed by atoms with Crippen molar-refractivity contribution in [3.05, 3.63) is 107 Å². The number of nitrogens with zero attached hydrogens (tertiary/aromatic N) is 2. The first-order chi connectivity index (χ1) is 17.4. The number of ether oxygens (including phenoxy) is 1. The number of fused-ring (bicyclic) bond motifs is 1. The molecule has 1 N–H and O–H groups in total. The van der Waals surface area contributed by atoms with Crippen LogP contribution in [-0.4, -0.2) is 33.8 Å². The minimum Gasteiger partial charge on any atom is -0.503 e. The number of Topliss-reactive ketones (excluding diaryl/α,β-unsaturated/α-hetero) is 1. The van der Waals surface area contributed by atoms with Gasteiger partial charge in [-0.2, -0.15) is 0 Å². The van der Waals surface area contributed by atoms with Gasteiger partial charge in [-0.1, -0.05) is 56.3 Å². The van der Waals surface area contributed by atoms with Crippen molar-refractivity contribution >= 4 is 22.7 Å². The van der Waals surface area contributed by atoms with Crippen molar-refractivity contribution in [3.8, 4) is 5.75 Å². The Labute approximate surface area is 208 Å². The number of hydrogen-bond acceptors (Lipinski definition) is 6. The second-order valence-electron chi connectivity index (χ2n) is 9.06. The number of amides is 1. The standard InChI is InChI=1S/C29H26N2O5/c1-17(2)18-10-12-19(13-11-18)25-24(27(33)29(34)31(25)16-21-8-4-5-14-30-21)26(32)23-15-20-7-6-9-22(35-3)28(20)36-23/h4-15,17,25,33H,16H2,1-3H3. The van der Waals surface area contributed by atoms with Crippen LogP contribution in [0.2, 0.25) is 0 Å². The van der Waals surface area contributed by atoms with E-state index in [0.29, 0.717) is 33.9 Å². The molecule has 1 aliphatic rings. The molecule has 0 spiro atoms. The Morgan fingerprint density at radius 3 is 2.56 bits per heavy atom. The maximum absolute atomic E-state index is 13.8. The molecule has 3 heterocycles. The van der Waals surface area contributed by atoms with Gasteiger partial charge in [0.15, 0.2) is 22.9 Å². The largest absolute Gasteiger partial charge is 0.503 e. The van der Waals surface area contributed by atoms with E-state index in [9.17, 15) is 14.7 Å². The molecule has 0 saturated heterocycles. The van der Waals surface area contributed by atoms with Gasteiger partial charge >= 0.3 is 0 Å². The van der Waals surface area contributed by atoms with Crippen LogP contribution < -0.4 is 4.74 Å². The molecule has 0 radical (unpaired) electrons. The Hall–Kier alpha value is -4.39. The predicted molar refractivity (Wildman–Crippen MR) is 135 cm³/mol. The predicted octanol–water partition coefficient (Wildman–Crippen LogP) is 5.74. The maximum Gasteiger partial charge on any atom is 0.290 e. The highest BCUT2D eigenvalue weighted by Crippen LogP contribution is 2.41. The Morgan fingerprint density at radius 2 is 1.89 bits per heavy atom. The molecular weight excluding hydrogens is 456 g/mol. The average Bonchev–Trinajstić information content (AvgIpc) is 3.44. The van der Waals surface area contributed by atoms with Crippen molar-refractivity contribution in [2.45, 2.75) is 32.4 Å². The molecule has 182 valence electrons. The van der Waals surface area contributed by atoms with Gasteiger partial charge in [0.2, 0.25) is 5.78 Å². The minimum absolute atomic E-state index is 0.0207. The molecule has 36 heavy (non-hydrogen) atoms. The average molecular weight is 483 g/mol. The number of methoxy groups -OCH3 is 1. The summed E-state index contributed by atoms with van der Waals surface area (Å²) < 4.78 is 11.2. The lowest BCUT2D eigenvalue weighted by atomic mass is 9.93. The number of benzene rings is 2. The molecular formula is C29H26N2O5. The zero-order valence-corrected chi connectivity index (χ0v) is 20.3. The summed E-state index contributed by atoms with van der Waals surface area (Å²) in [5.74, 6) is -0.931. The summed E-state index contributed by atoms with van der Waals surface area (Å²) in [6.07, 6.45) is 1.64. The fourth-order valence-electron chi connectivity index (χ4n) is 4.57. The van der Waals surface area contributed by atoms with E-state index in [2.05, 4.69) is 18.8 Å². The zero-order chi connectivity index (χ0) is 25.4. The second-order valence-corrected chi connectivity index (χ2v) is 9.06. The molecule has 1 atom stereocenters. The van der Waals surface area contributed by atoms with Crippen molar-refractivity contribution < 1.29 is 23.8 Å². The molecule has 7 heteroatoms. The van der Waals surface area contributed by atoms with E-state index in [0.717, 1.165) is 5.56 Å². The molecule has 2 aromatic carbocycles. The third-order valence-electron chi connectivity index (χ3n) is 6.48. The Kier molecular flexibility index (Phi) is 6.06. The van der Waals surface area contributed by atoms with E-state index in [1.165, 1.54) is 12.0 Å². The van der Waals surface area contributed by atoms with Gasteiger partial charge in [0, 0.05) is 11.6 Å². The van der Waals surface area contributed by atoms with E-state index in [1.807, 2.05) is 36.4 Å². The molecule has 1 amide bonds. The van der Waals surface area contributed by atoms with Crippen LogP contribution in [0.3, 0.4) is 0 Å². The third-order valence-corrected chi connectivity index (χ3v) is 6.48. The molecule has 1 unspecified atom stereocenters. The van der Waals surface area contributed by atoms with Crippen LogP contribution >= 0.6 is 0 Å². The van der Waals surface area contributed by atoms with Crippen molar-refractivity contribution in [3.63, 3.8) is 0 Å². The summed E-state index contributed by atoms with van der Waals surface area (Å²) in [7, 11) is 1.52. The number of carbonyl (C=O) groups excluding carboxylic acids is 2. The number of furan rings is 1. The van der Waals surface area contributed by atoms with Gasteiger partial charge in [-0.15, -0.1) is 0 Å². The molecule has 2 aromatic heterocycles. The quantitative estimate of drug-likeness (QED) is 0.338. The third kappa shape index (κ3) is 4.02. The molecule has 0 saturated carbocycles. The SMILES string of the molecule is COc1cccc2cc(C(=O)C3=C(O)C(=O)N(Cc4ccccn4)C3c3ccc(C(C)C)cc3)oc12. The molecule has 0 bridgehead atoms. The van der Waals surface area contributed by atoms with Crippen LogP contribution in [0.1, 0.15) is 53.2 Å². The van der Waals surface area contributed by atoms with Crippen LogP contribution in [0.4, 0.5) is 0 Å². The summed E-state index contributed by atoms with van der Waals surface area (Å²) in [4.78, 5) is 32.9. The van der Waals surface area contributed by atoms with Crippen molar-refractivity contribution in [1.29, 1.82) is 0 Å². The topological polar surface area (TPSA) is 92.9 Å². The van der Waals surface area contributed by atoms with Gasteiger partial charge in [0.25, 0.3) is 5.91 Å². The van der Waals surface area contributed by atoms with E-state index in [1.54, 1.807) is 36.5 Å². The monoisotopic (exact) mass is 482 g/mol. The molecule has 7 nitrogen and oxygen atoms in total. The van der Waals surface area contributed by atoms with Gasteiger partial charge in [-0.25, -0.2) is 0 Å². The number of aliphatic hydroxyl groups is 1. The van der Waals surface area contributed by atoms with Crippen LogP contribution in [0.15, 0.2) is 88.7 Å². The van der Waals surface area contributed by atoms with Crippen molar-refractivity contribution in [2.24, 2.45) is 0 Å². The number of carbonyl (C=O) groups is 2. The van der Waals surface area contributed by atoms with Crippen LogP contribution in [-0.2, 0) is 11.3 Å². The second kappa shape index (κ2) is 9.34. The smallest absolute Gasteiger partial charge is 0.290 e. The van der Waals surface area contributed by atoms with Gasteiger partial charge in [0.1, 0.15) is 0 Å². The molecule has 0 aliphatic carbocycles. The first kappa shape index (κ1) is 23.4. The molecule has 1 aliphatic heterocycles. The molecule has 0 fully saturated rings. The Bertz CT molecular complexity index is 1470. The summed E-state index contributed by atoms with van der Waals surface area (Å²) in [6.45, 7) is 4.32. The Morgan fingerprint density at radius 1 is 1.11 bits per heavy atom. The zero-order valence-electron chi connectivity index (χ0n) is 20.3. The lowest BCUT2D eigenvalue weighted by Crippen LogP contribution is -2.31. The van der Waals surface area contributed by atoms with Crippen LogP contribution in [0.5, 0.6) is 5.75 Å². The number of aromatic nitrogens is 1. The van der Waals surface area contributed by atoms with E-state index < -0.39 is 23.5 Å². The van der Waals surface area contributed by atoms with Crippen molar-refractivity contribution in [1.82, 2.24) is 9.88 Å². The number of ketones is 1. The molecule has 5 rings (SSSR count). The number of aliphatic hydroxyl groups excluding tert-OH is 1. The van der Waals surface area contributed by atoms with E-state index in [4.69, 9.17) is 9.15 Å².